The number of aliphatic hydroxyl groups excluding tert-OH is 2. The monoisotopic (exact) mass is 869 g/mol. The van der Waals surface area contributed by atoms with Crippen molar-refractivity contribution in [2.45, 2.75) is 57.3 Å². The van der Waals surface area contributed by atoms with Gasteiger partial charge in [-0.2, -0.15) is 0 Å². The third-order valence-corrected chi connectivity index (χ3v) is 11.9. The molecule has 3 heterocycles. The van der Waals surface area contributed by atoms with E-state index in [1.54, 1.807) is 12.2 Å². The van der Waals surface area contributed by atoms with Gasteiger partial charge >= 0.3 is 0 Å². The van der Waals surface area contributed by atoms with E-state index in [1.165, 1.54) is 13.8 Å². The Morgan fingerprint density at radius 3 is 2.43 bits per heavy atom. The van der Waals surface area contributed by atoms with Gasteiger partial charge in [0.25, 0.3) is 15.6 Å². The second kappa shape index (κ2) is 19.2. The van der Waals surface area contributed by atoms with Crippen LogP contribution in [0, 0.1) is 11.3 Å². The maximum Gasteiger partial charge on any atom is 0.274 e. The number of aliphatic hydroxyl groups is 2. The minimum Gasteiger partial charge on any atom is -0.790 e. The lowest BCUT2D eigenvalue weighted by Gasteiger charge is -2.36. The van der Waals surface area contributed by atoms with E-state index in [1.807, 2.05) is 12.2 Å². The SMILES string of the molecule is CC(C)(COP(=O)([O-])OP(=O)([O-])OC[C@H]1O[C@@H](n2cnc3c(N)ncnc32)[C@H](O)[C@@H]1OP(=O)([O-])[O-])[C@@H](O)C(=O)NCCC(=O)NCCSC(=O)C1C=CCC=C1. The summed E-state index contributed by atoms with van der Waals surface area (Å²) in [6, 6.07) is 0. The van der Waals surface area contributed by atoms with Crippen molar-refractivity contribution in [1.82, 2.24) is 30.2 Å². The Hall–Kier alpha value is -2.96. The van der Waals surface area contributed by atoms with Gasteiger partial charge in [-0.25, -0.2) is 19.3 Å². The Morgan fingerprint density at radius 2 is 1.75 bits per heavy atom. The van der Waals surface area contributed by atoms with Crippen LogP contribution in [0.15, 0.2) is 37.0 Å². The number of aromatic nitrogens is 4. The smallest absolute Gasteiger partial charge is 0.274 e. The van der Waals surface area contributed by atoms with Crippen LogP contribution in [-0.4, -0.2) is 103 Å². The van der Waals surface area contributed by atoms with Crippen LogP contribution in [0.5, 0.6) is 0 Å². The molecule has 6 N–H and O–H groups in total. The number of hydrogen-bond donors (Lipinski definition) is 5. The molecule has 0 bridgehead atoms. The number of nitrogens with zero attached hydrogens (tertiary/aromatic N) is 4. The predicted molar refractivity (Wildman–Crippen MR) is 185 cm³/mol. The molecule has 28 heteroatoms. The van der Waals surface area contributed by atoms with Crippen molar-refractivity contribution in [2.24, 2.45) is 11.3 Å². The van der Waals surface area contributed by atoms with Gasteiger partial charge < -0.3 is 69.0 Å². The number of carbonyl (C=O) groups is 3. The van der Waals surface area contributed by atoms with Gasteiger partial charge in [-0.05, 0) is 6.42 Å². The van der Waals surface area contributed by atoms with E-state index in [2.05, 4.69) is 43.5 Å². The van der Waals surface area contributed by atoms with Gasteiger partial charge in [0.05, 0.1) is 33.3 Å². The highest BCUT2D eigenvalue weighted by Crippen LogP contribution is 2.56. The van der Waals surface area contributed by atoms with Gasteiger partial charge in [-0.1, -0.05) is 49.9 Å². The number of amides is 2. The molecule has 2 aliphatic rings. The fraction of sp³-hybridized carbons (Fsp3) is 0.571. The van der Waals surface area contributed by atoms with Gasteiger partial charge in [-0.15, -0.1) is 0 Å². The number of hydrogen-bond acceptors (Lipinski definition) is 22. The van der Waals surface area contributed by atoms with Crippen molar-refractivity contribution in [1.29, 1.82) is 0 Å². The minimum absolute atomic E-state index is 0.0215. The predicted octanol–water partition coefficient (Wildman–Crippen LogP) is -2.73. The van der Waals surface area contributed by atoms with E-state index in [9.17, 15) is 57.9 Å². The summed E-state index contributed by atoms with van der Waals surface area (Å²) in [4.78, 5) is 96.2. The molecule has 1 aliphatic carbocycles. The molecule has 7 atom stereocenters. The number of ether oxygens (including phenoxy) is 1. The Balaban J connectivity index is 1.23. The van der Waals surface area contributed by atoms with E-state index in [0.717, 1.165) is 35.4 Å². The number of phosphoric ester groups is 3. The summed E-state index contributed by atoms with van der Waals surface area (Å²) >= 11 is 1.06. The molecule has 2 unspecified atom stereocenters. The molecule has 2 amide bonds. The van der Waals surface area contributed by atoms with Gasteiger partial charge in [0.1, 0.15) is 36.3 Å². The molecule has 0 aromatic carbocycles. The maximum atomic E-state index is 12.5. The highest BCUT2D eigenvalue weighted by Gasteiger charge is 2.47. The molecule has 56 heavy (non-hydrogen) atoms. The van der Waals surface area contributed by atoms with Crippen LogP contribution in [0.3, 0.4) is 0 Å². The average molecular weight is 870 g/mol. The molecule has 0 spiro atoms. The highest BCUT2D eigenvalue weighted by atomic mass is 32.2. The maximum absolute atomic E-state index is 12.5. The average Bonchev–Trinajstić information content (AvgIpc) is 3.68. The normalized spacial score (nSPS) is 23.1. The van der Waals surface area contributed by atoms with E-state index >= 15 is 0 Å². The number of carbonyl (C=O) groups excluding carboxylic acids is 3. The van der Waals surface area contributed by atoms with Gasteiger partial charge in [0.15, 0.2) is 22.8 Å². The van der Waals surface area contributed by atoms with Gasteiger partial charge in [0.2, 0.25) is 11.8 Å². The quantitative estimate of drug-likeness (QED) is 0.0512. The zero-order chi connectivity index (χ0) is 41.5. The number of nitrogens with two attached hydrogens (primary N) is 1. The molecular formula is C28H38N7O17P3S-4. The van der Waals surface area contributed by atoms with Crippen molar-refractivity contribution < 1.29 is 80.5 Å². The number of thioether (sulfide) groups is 1. The number of nitrogen functional groups attached to an aromatic ring is 1. The number of rotatable bonds is 20. The van der Waals surface area contributed by atoms with Crippen molar-refractivity contribution in [2.75, 3.05) is 37.8 Å². The lowest BCUT2D eigenvalue weighted by molar-refractivity contribution is -0.347. The Kier molecular flexibility index (Phi) is 15.7. The summed E-state index contributed by atoms with van der Waals surface area (Å²) in [5, 5.41) is 26.2. The van der Waals surface area contributed by atoms with Crippen LogP contribution in [0.2, 0.25) is 0 Å². The summed E-state index contributed by atoms with van der Waals surface area (Å²) in [6.07, 6.45) is 0.549. The Labute approximate surface area is 322 Å². The second-order valence-electron chi connectivity index (χ2n) is 12.8. The molecule has 4 rings (SSSR count). The van der Waals surface area contributed by atoms with Gasteiger partial charge in [0, 0.05) is 30.7 Å². The van der Waals surface area contributed by atoms with Crippen LogP contribution in [-0.2, 0) is 50.7 Å². The number of anilines is 1. The molecule has 1 fully saturated rings. The standard InChI is InChI=1S/C28H42N7O17P3S/c1-28(2,22(38)25(39)31-9-8-18(36)30-10-11-56-27(40)16-6-4-3-5-7-16)13-49-55(46,47)52-54(44,45)48-12-17-21(51-53(41,42)43)20(37)26(50-17)35-15-34-19-23(29)32-14-33-24(19)35/h4-7,14-17,20-22,26,37-38H,3,8-13H2,1-2H3,(H,30,36)(H,31,39)(H,44,45)(H,46,47)(H2,29,32,33)(H2,41,42,43)/p-4/t17-,20-,21-,22+,26-/m1/s1. The Morgan fingerprint density at radius 1 is 1.07 bits per heavy atom. The molecule has 312 valence electrons. The van der Waals surface area contributed by atoms with Crippen molar-refractivity contribution in [3.8, 4) is 0 Å². The molecule has 2 aromatic rings. The van der Waals surface area contributed by atoms with Crippen LogP contribution in [0.25, 0.3) is 11.2 Å². The first-order valence-electron chi connectivity index (χ1n) is 16.4. The van der Waals surface area contributed by atoms with E-state index in [0.29, 0.717) is 5.75 Å². The summed E-state index contributed by atoms with van der Waals surface area (Å²) in [5.41, 5.74) is 4.07. The van der Waals surface area contributed by atoms with E-state index in [-0.39, 0.29) is 47.5 Å². The second-order valence-corrected chi connectivity index (χ2v) is 17.9. The lowest BCUT2D eigenvalue weighted by atomic mass is 9.87. The van der Waals surface area contributed by atoms with Crippen molar-refractivity contribution in [3.05, 3.63) is 37.0 Å². The van der Waals surface area contributed by atoms with Crippen LogP contribution < -0.4 is 35.9 Å². The molecule has 24 nitrogen and oxygen atoms in total. The first-order valence-corrected chi connectivity index (χ1v) is 21.8. The summed E-state index contributed by atoms with van der Waals surface area (Å²) in [5.74, 6) is -1.54. The summed E-state index contributed by atoms with van der Waals surface area (Å²) in [7, 11) is -17.6. The molecule has 0 radical (unpaired) electrons. The summed E-state index contributed by atoms with van der Waals surface area (Å²) < 4.78 is 60.5. The first-order chi connectivity index (χ1) is 26.1. The number of phosphoric acid groups is 3. The Bertz CT molecular complexity index is 1930. The molecule has 1 aliphatic heterocycles. The van der Waals surface area contributed by atoms with Crippen LogP contribution >= 0.6 is 35.2 Å². The van der Waals surface area contributed by atoms with E-state index in [4.69, 9.17) is 10.5 Å². The third-order valence-electron chi connectivity index (χ3n) is 7.95. The molecule has 1 saturated heterocycles. The fourth-order valence-electron chi connectivity index (χ4n) is 5.11. The largest absolute Gasteiger partial charge is 0.790 e. The van der Waals surface area contributed by atoms with Crippen LogP contribution in [0.4, 0.5) is 5.82 Å². The zero-order valence-corrected chi connectivity index (χ0v) is 33.0. The number of allylic oxidation sites excluding steroid dienone is 4. The zero-order valence-electron chi connectivity index (χ0n) is 29.5. The number of imidazole rings is 1. The number of fused-ring (bicyclic) bond motifs is 1. The third kappa shape index (κ3) is 13.0. The lowest BCUT2D eigenvalue weighted by Crippen LogP contribution is -2.46. The number of nitrogens with one attached hydrogen (secondary N) is 2. The first kappa shape index (κ1) is 45.7. The summed E-state index contributed by atoms with van der Waals surface area (Å²) in [6.45, 7) is 0.0895. The minimum atomic E-state index is -5.91. The van der Waals surface area contributed by atoms with Gasteiger partial charge in [-0.3, -0.25) is 28.1 Å². The van der Waals surface area contributed by atoms with E-state index < -0.39 is 84.6 Å². The molecule has 2 aromatic heterocycles. The van der Waals surface area contributed by atoms with Crippen molar-refractivity contribution >= 4 is 69.1 Å². The van der Waals surface area contributed by atoms with Crippen molar-refractivity contribution in [3.63, 3.8) is 0 Å². The molecular weight excluding hydrogens is 831 g/mol. The van der Waals surface area contributed by atoms with Crippen LogP contribution in [0.1, 0.15) is 32.9 Å². The topological polar surface area (TPSA) is 375 Å². The molecule has 0 saturated carbocycles. The highest BCUT2D eigenvalue weighted by molar-refractivity contribution is 8.13. The fourth-order valence-corrected chi connectivity index (χ4v) is 8.60.